The van der Waals surface area contributed by atoms with Gasteiger partial charge < -0.3 is 9.47 Å². The van der Waals surface area contributed by atoms with Gasteiger partial charge in [-0.3, -0.25) is 0 Å². The van der Waals surface area contributed by atoms with Crippen LogP contribution in [0.3, 0.4) is 0 Å². The van der Waals surface area contributed by atoms with E-state index in [1.54, 1.807) is 42.7 Å². The number of nitrogens with zero attached hydrogens (tertiary/aromatic N) is 3. The first-order valence-electron chi connectivity index (χ1n) is 8.65. The summed E-state index contributed by atoms with van der Waals surface area (Å²) in [5.74, 6) is 0.653. The van der Waals surface area contributed by atoms with Crippen molar-refractivity contribution in [2.24, 2.45) is 0 Å². The largest absolute Gasteiger partial charge is 0.491 e. The number of benzene rings is 1. The summed E-state index contributed by atoms with van der Waals surface area (Å²) in [7, 11) is -3.58. The van der Waals surface area contributed by atoms with Crippen LogP contribution in [0.25, 0.3) is 0 Å². The zero-order valence-electron chi connectivity index (χ0n) is 14.9. The predicted octanol–water partition coefficient (Wildman–Crippen LogP) is 2.50. The lowest BCUT2D eigenvalue weighted by Crippen LogP contribution is -2.44. The van der Waals surface area contributed by atoms with E-state index in [0.29, 0.717) is 12.3 Å². The molecule has 140 valence electrons. The van der Waals surface area contributed by atoms with E-state index in [9.17, 15) is 8.42 Å². The van der Waals surface area contributed by atoms with Crippen LogP contribution in [0.1, 0.15) is 26.7 Å². The van der Waals surface area contributed by atoms with Crippen molar-refractivity contribution in [1.82, 2.24) is 14.3 Å². The summed E-state index contributed by atoms with van der Waals surface area (Å²) in [6, 6.07) is 8.50. The number of aromatic nitrogens is 2. The van der Waals surface area contributed by atoms with E-state index in [0.717, 1.165) is 12.8 Å². The molecule has 2 aromatic rings. The van der Waals surface area contributed by atoms with Crippen molar-refractivity contribution in [3.05, 3.63) is 42.7 Å². The van der Waals surface area contributed by atoms with Crippen molar-refractivity contribution >= 4 is 10.0 Å². The minimum atomic E-state index is -3.58. The van der Waals surface area contributed by atoms with Crippen LogP contribution in [0.15, 0.2) is 47.6 Å². The number of sulfonamides is 1. The molecule has 1 aliphatic rings. The fourth-order valence-corrected chi connectivity index (χ4v) is 4.34. The highest BCUT2D eigenvalue weighted by Crippen LogP contribution is 2.24. The van der Waals surface area contributed by atoms with Gasteiger partial charge in [0.05, 0.1) is 17.5 Å². The maximum atomic E-state index is 12.9. The Hall–Kier alpha value is -2.19. The summed E-state index contributed by atoms with van der Waals surface area (Å²) >= 11 is 0. The third-order valence-electron chi connectivity index (χ3n) is 3.99. The Balaban J connectivity index is 1.70. The number of piperidine rings is 1. The molecule has 8 heteroatoms. The maximum Gasteiger partial charge on any atom is 0.316 e. The Morgan fingerprint density at radius 3 is 2.50 bits per heavy atom. The van der Waals surface area contributed by atoms with Crippen molar-refractivity contribution in [3.63, 3.8) is 0 Å². The molecule has 3 rings (SSSR count). The van der Waals surface area contributed by atoms with E-state index < -0.39 is 10.0 Å². The lowest BCUT2D eigenvalue weighted by molar-refractivity contribution is 0.119. The second kappa shape index (κ2) is 8.01. The molecule has 0 spiro atoms. The highest BCUT2D eigenvalue weighted by atomic mass is 32.2. The van der Waals surface area contributed by atoms with Gasteiger partial charge in [0.1, 0.15) is 11.9 Å². The van der Waals surface area contributed by atoms with E-state index >= 15 is 0 Å². The molecule has 26 heavy (non-hydrogen) atoms. The van der Waals surface area contributed by atoms with Gasteiger partial charge in [0, 0.05) is 18.9 Å². The zero-order valence-corrected chi connectivity index (χ0v) is 15.7. The van der Waals surface area contributed by atoms with Crippen LogP contribution in [0.2, 0.25) is 0 Å². The van der Waals surface area contributed by atoms with Crippen LogP contribution in [-0.2, 0) is 10.0 Å². The molecule has 0 N–H and O–H groups in total. The molecule has 1 aliphatic heterocycles. The summed E-state index contributed by atoms with van der Waals surface area (Å²) in [5, 5.41) is 0. The van der Waals surface area contributed by atoms with Crippen LogP contribution in [0.4, 0.5) is 0 Å². The van der Waals surface area contributed by atoms with Crippen LogP contribution >= 0.6 is 0 Å². The number of hydrogen-bond acceptors (Lipinski definition) is 6. The van der Waals surface area contributed by atoms with Crippen LogP contribution in [0, 0.1) is 0 Å². The number of ether oxygens (including phenoxy) is 2. The molecule has 0 amide bonds. The smallest absolute Gasteiger partial charge is 0.316 e. The molecule has 1 atom stereocenters. The van der Waals surface area contributed by atoms with Gasteiger partial charge >= 0.3 is 6.01 Å². The first-order chi connectivity index (χ1) is 12.4. The molecule has 0 bridgehead atoms. The van der Waals surface area contributed by atoms with Crippen LogP contribution in [0.5, 0.6) is 11.8 Å². The van der Waals surface area contributed by atoms with Gasteiger partial charge in [0.15, 0.2) is 0 Å². The monoisotopic (exact) mass is 377 g/mol. The molecule has 0 radical (unpaired) electrons. The third kappa shape index (κ3) is 4.50. The fourth-order valence-electron chi connectivity index (χ4n) is 2.83. The molecule has 1 fully saturated rings. The first kappa shape index (κ1) is 18.6. The minimum absolute atomic E-state index is 0.0395. The summed E-state index contributed by atoms with van der Waals surface area (Å²) in [4.78, 5) is 8.33. The Labute approximate surface area is 154 Å². The van der Waals surface area contributed by atoms with Gasteiger partial charge in [-0.05, 0) is 57.0 Å². The Bertz CT molecular complexity index is 810. The van der Waals surface area contributed by atoms with Crippen molar-refractivity contribution < 1.29 is 17.9 Å². The lowest BCUT2D eigenvalue weighted by Gasteiger charge is -2.31. The SMILES string of the molecule is CC(C)Oc1ccc(S(=O)(=O)N2CCCC(Oc3ncccn3)C2)cc1. The average Bonchev–Trinajstić information content (AvgIpc) is 2.63. The van der Waals surface area contributed by atoms with Crippen molar-refractivity contribution in [1.29, 1.82) is 0 Å². The molecule has 0 saturated carbocycles. The fraction of sp³-hybridized carbons (Fsp3) is 0.444. The second-order valence-corrected chi connectivity index (χ2v) is 8.35. The molecular formula is C18H23N3O4S. The van der Waals surface area contributed by atoms with E-state index in [4.69, 9.17) is 9.47 Å². The summed E-state index contributed by atoms with van der Waals surface area (Å²) in [6.45, 7) is 4.61. The summed E-state index contributed by atoms with van der Waals surface area (Å²) in [6.07, 6.45) is 4.47. The molecule has 0 aliphatic carbocycles. The van der Waals surface area contributed by atoms with Gasteiger partial charge in [-0.2, -0.15) is 4.31 Å². The van der Waals surface area contributed by atoms with E-state index in [1.807, 2.05) is 13.8 Å². The van der Waals surface area contributed by atoms with Gasteiger partial charge in [0.25, 0.3) is 0 Å². The zero-order chi connectivity index (χ0) is 18.6. The molecule has 2 heterocycles. The first-order valence-corrected chi connectivity index (χ1v) is 10.1. The quantitative estimate of drug-likeness (QED) is 0.769. The van der Waals surface area contributed by atoms with Gasteiger partial charge in [-0.25, -0.2) is 18.4 Å². The van der Waals surface area contributed by atoms with Crippen LogP contribution in [-0.4, -0.2) is 48.0 Å². The minimum Gasteiger partial charge on any atom is -0.491 e. The molecule has 1 unspecified atom stereocenters. The molecule has 1 aromatic carbocycles. The van der Waals surface area contributed by atoms with E-state index in [2.05, 4.69) is 9.97 Å². The number of hydrogen-bond donors (Lipinski definition) is 0. The average molecular weight is 377 g/mol. The molecule has 7 nitrogen and oxygen atoms in total. The van der Waals surface area contributed by atoms with Crippen LogP contribution < -0.4 is 9.47 Å². The van der Waals surface area contributed by atoms with Crippen molar-refractivity contribution in [3.8, 4) is 11.8 Å². The molecule has 1 saturated heterocycles. The van der Waals surface area contributed by atoms with E-state index in [1.165, 1.54) is 4.31 Å². The highest BCUT2D eigenvalue weighted by molar-refractivity contribution is 7.89. The predicted molar refractivity (Wildman–Crippen MR) is 96.6 cm³/mol. The highest BCUT2D eigenvalue weighted by Gasteiger charge is 2.31. The van der Waals surface area contributed by atoms with E-state index in [-0.39, 0.29) is 29.7 Å². The topological polar surface area (TPSA) is 81.6 Å². The third-order valence-corrected chi connectivity index (χ3v) is 5.87. The standard InChI is InChI=1S/C18H23N3O4S/c1-14(2)24-15-6-8-17(9-7-15)26(22,23)21-12-3-5-16(13-21)25-18-19-10-4-11-20-18/h4,6-11,14,16H,3,5,12-13H2,1-2H3. The second-order valence-electron chi connectivity index (χ2n) is 6.41. The van der Waals surface area contributed by atoms with Gasteiger partial charge in [0.2, 0.25) is 10.0 Å². The Morgan fingerprint density at radius 1 is 1.15 bits per heavy atom. The van der Waals surface area contributed by atoms with Gasteiger partial charge in [-0.15, -0.1) is 0 Å². The Kier molecular flexibility index (Phi) is 5.73. The number of rotatable bonds is 6. The Morgan fingerprint density at radius 2 is 1.85 bits per heavy atom. The normalized spacial score (nSPS) is 18.7. The lowest BCUT2D eigenvalue weighted by atomic mass is 10.1. The van der Waals surface area contributed by atoms with Crippen molar-refractivity contribution in [2.45, 2.75) is 43.8 Å². The van der Waals surface area contributed by atoms with Gasteiger partial charge in [-0.1, -0.05) is 0 Å². The maximum absolute atomic E-state index is 12.9. The molecule has 1 aromatic heterocycles. The summed E-state index contributed by atoms with van der Waals surface area (Å²) < 4.78 is 38.6. The summed E-state index contributed by atoms with van der Waals surface area (Å²) in [5.41, 5.74) is 0. The molecular weight excluding hydrogens is 354 g/mol. The van der Waals surface area contributed by atoms with Crippen molar-refractivity contribution in [2.75, 3.05) is 13.1 Å².